The van der Waals surface area contributed by atoms with Gasteiger partial charge in [0.1, 0.15) is 24.1 Å². The van der Waals surface area contributed by atoms with Crippen molar-refractivity contribution in [2.75, 3.05) is 13.7 Å². The Morgan fingerprint density at radius 1 is 0.700 bits per heavy atom. The van der Waals surface area contributed by atoms with E-state index in [0.717, 1.165) is 16.7 Å². The van der Waals surface area contributed by atoms with Crippen molar-refractivity contribution >= 4 is 11.8 Å². The molecule has 2 atom stereocenters. The highest BCUT2D eigenvalue weighted by molar-refractivity contribution is 5.97. The summed E-state index contributed by atoms with van der Waals surface area (Å²) in [6, 6.07) is 32.2. The predicted molar refractivity (Wildman–Crippen MR) is 154 cm³/mol. The van der Waals surface area contributed by atoms with Crippen LogP contribution in [0.4, 0.5) is 0 Å². The molecular formula is C33H34N2O5. The molecule has 7 nitrogen and oxygen atoms in total. The van der Waals surface area contributed by atoms with E-state index in [0.29, 0.717) is 30.1 Å². The van der Waals surface area contributed by atoms with Crippen LogP contribution >= 0.6 is 0 Å². The third-order valence-electron chi connectivity index (χ3n) is 6.48. The highest BCUT2D eigenvalue weighted by Gasteiger charge is 2.24. The van der Waals surface area contributed by atoms with E-state index in [1.807, 2.05) is 84.9 Å². The van der Waals surface area contributed by atoms with Gasteiger partial charge in [0.05, 0.1) is 19.8 Å². The van der Waals surface area contributed by atoms with E-state index in [2.05, 4.69) is 10.6 Å². The number of hydrogen-bond acceptors (Lipinski definition) is 5. The molecule has 206 valence electrons. The number of rotatable bonds is 13. The van der Waals surface area contributed by atoms with E-state index in [9.17, 15) is 14.7 Å². The maximum Gasteiger partial charge on any atom is 0.251 e. The highest BCUT2D eigenvalue weighted by Crippen LogP contribution is 2.16. The van der Waals surface area contributed by atoms with Crippen molar-refractivity contribution in [3.05, 3.63) is 131 Å². The number of nitrogens with one attached hydrogen (secondary N) is 2. The standard InChI is InChI=1S/C33H34N2O5/c1-39-29-16-12-25(13-17-29)21-31(33(38)34-28(22-36)20-24-8-4-2-5-9-24)35-32(37)27-14-18-30(19-15-27)40-23-26-10-6-3-7-11-26/h2-19,28,31,36H,20-23H2,1H3,(H,34,38)(H,35,37)/t28-,31-/m0/s1. The summed E-state index contributed by atoms with van der Waals surface area (Å²) in [6.07, 6.45) is 0.736. The molecule has 3 N–H and O–H groups in total. The van der Waals surface area contributed by atoms with Crippen molar-refractivity contribution in [2.45, 2.75) is 31.5 Å². The largest absolute Gasteiger partial charge is 0.497 e. The van der Waals surface area contributed by atoms with Crippen molar-refractivity contribution in [1.82, 2.24) is 10.6 Å². The molecule has 0 saturated carbocycles. The normalized spacial score (nSPS) is 12.2. The van der Waals surface area contributed by atoms with Crippen LogP contribution in [0.5, 0.6) is 11.5 Å². The van der Waals surface area contributed by atoms with Crippen LogP contribution in [0.2, 0.25) is 0 Å². The minimum atomic E-state index is -0.861. The fourth-order valence-electron chi connectivity index (χ4n) is 4.25. The molecule has 0 aliphatic rings. The van der Waals surface area contributed by atoms with E-state index in [4.69, 9.17) is 9.47 Å². The first-order valence-electron chi connectivity index (χ1n) is 13.2. The molecule has 40 heavy (non-hydrogen) atoms. The number of carbonyl (C=O) groups is 2. The fourth-order valence-corrected chi connectivity index (χ4v) is 4.25. The van der Waals surface area contributed by atoms with Crippen LogP contribution in [0, 0.1) is 0 Å². The van der Waals surface area contributed by atoms with Gasteiger partial charge in [0.2, 0.25) is 5.91 Å². The Bertz CT molecular complexity index is 1340. The summed E-state index contributed by atoms with van der Waals surface area (Å²) in [5.74, 6) is 0.583. The molecule has 0 heterocycles. The van der Waals surface area contributed by atoms with Crippen molar-refractivity contribution in [3.63, 3.8) is 0 Å². The molecule has 4 rings (SSSR count). The van der Waals surface area contributed by atoms with Gasteiger partial charge < -0.3 is 25.2 Å². The van der Waals surface area contributed by atoms with Gasteiger partial charge in [-0.25, -0.2) is 0 Å². The molecule has 4 aromatic carbocycles. The van der Waals surface area contributed by atoms with Gasteiger partial charge in [0, 0.05) is 12.0 Å². The third kappa shape index (κ3) is 8.44. The number of benzene rings is 4. The Kier molecular flexibility index (Phi) is 10.3. The second-order valence-electron chi connectivity index (χ2n) is 9.45. The van der Waals surface area contributed by atoms with Crippen molar-refractivity contribution in [1.29, 1.82) is 0 Å². The second kappa shape index (κ2) is 14.5. The molecule has 0 spiro atoms. The fraction of sp³-hybridized carbons (Fsp3) is 0.212. The van der Waals surface area contributed by atoms with Crippen LogP contribution in [0.15, 0.2) is 109 Å². The minimum Gasteiger partial charge on any atom is -0.497 e. The van der Waals surface area contributed by atoms with Gasteiger partial charge in [-0.05, 0) is 59.5 Å². The van der Waals surface area contributed by atoms with E-state index in [-0.39, 0.29) is 24.8 Å². The SMILES string of the molecule is COc1ccc(C[C@H](NC(=O)c2ccc(OCc3ccccc3)cc2)C(=O)N[C@H](CO)Cc2ccccc2)cc1. The van der Waals surface area contributed by atoms with Gasteiger partial charge in [-0.15, -0.1) is 0 Å². The zero-order valence-electron chi connectivity index (χ0n) is 22.5. The Morgan fingerprint density at radius 3 is 1.88 bits per heavy atom. The van der Waals surface area contributed by atoms with Crippen molar-refractivity contribution < 1.29 is 24.2 Å². The number of aliphatic hydroxyl groups excluding tert-OH is 1. The summed E-state index contributed by atoms with van der Waals surface area (Å²) >= 11 is 0. The molecule has 0 unspecified atom stereocenters. The van der Waals surface area contributed by atoms with Gasteiger partial charge in [-0.2, -0.15) is 0 Å². The molecular weight excluding hydrogens is 504 g/mol. The van der Waals surface area contributed by atoms with Crippen molar-refractivity contribution in [3.8, 4) is 11.5 Å². The van der Waals surface area contributed by atoms with Crippen LogP contribution in [-0.4, -0.2) is 42.7 Å². The molecule has 2 amide bonds. The van der Waals surface area contributed by atoms with Crippen LogP contribution in [0.25, 0.3) is 0 Å². The van der Waals surface area contributed by atoms with Crippen LogP contribution < -0.4 is 20.1 Å². The highest BCUT2D eigenvalue weighted by atomic mass is 16.5. The van der Waals surface area contributed by atoms with Crippen molar-refractivity contribution in [2.24, 2.45) is 0 Å². The smallest absolute Gasteiger partial charge is 0.251 e. The van der Waals surface area contributed by atoms with Gasteiger partial charge in [0.15, 0.2) is 0 Å². The molecule has 0 saturated heterocycles. The monoisotopic (exact) mass is 538 g/mol. The Hall–Kier alpha value is -4.62. The molecule has 0 aromatic heterocycles. The van der Waals surface area contributed by atoms with E-state index < -0.39 is 12.1 Å². The Morgan fingerprint density at radius 2 is 1.27 bits per heavy atom. The molecule has 0 aliphatic heterocycles. The Labute approximate surface area is 234 Å². The molecule has 0 fully saturated rings. The lowest BCUT2D eigenvalue weighted by atomic mass is 10.0. The molecule has 0 bridgehead atoms. The quantitative estimate of drug-likeness (QED) is 0.235. The average Bonchev–Trinajstić information content (AvgIpc) is 3.01. The van der Waals surface area contributed by atoms with Crippen LogP contribution in [0.3, 0.4) is 0 Å². The maximum absolute atomic E-state index is 13.4. The molecule has 7 heteroatoms. The first-order chi connectivity index (χ1) is 19.5. The topological polar surface area (TPSA) is 96.9 Å². The lowest BCUT2D eigenvalue weighted by Crippen LogP contribution is -2.52. The number of carbonyl (C=O) groups excluding carboxylic acids is 2. The average molecular weight is 539 g/mol. The molecule has 0 radical (unpaired) electrons. The minimum absolute atomic E-state index is 0.228. The first-order valence-corrected chi connectivity index (χ1v) is 13.2. The van der Waals surface area contributed by atoms with E-state index >= 15 is 0 Å². The van der Waals surface area contributed by atoms with E-state index in [1.165, 1.54) is 0 Å². The Balaban J connectivity index is 1.43. The predicted octanol–water partition coefficient (Wildman–Crippen LogP) is 4.34. The number of aliphatic hydroxyl groups is 1. The van der Waals surface area contributed by atoms with Gasteiger partial charge in [-0.1, -0.05) is 72.8 Å². The number of methoxy groups -OCH3 is 1. The summed E-state index contributed by atoms with van der Waals surface area (Å²) < 4.78 is 11.1. The summed E-state index contributed by atoms with van der Waals surface area (Å²) in [4.78, 5) is 26.6. The van der Waals surface area contributed by atoms with Gasteiger partial charge in [0.25, 0.3) is 5.91 Å². The number of hydrogen-bond donors (Lipinski definition) is 3. The van der Waals surface area contributed by atoms with Crippen LogP contribution in [0.1, 0.15) is 27.0 Å². The zero-order valence-corrected chi connectivity index (χ0v) is 22.5. The lowest BCUT2D eigenvalue weighted by Gasteiger charge is -2.23. The maximum atomic E-state index is 13.4. The third-order valence-corrected chi connectivity index (χ3v) is 6.48. The zero-order chi connectivity index (χ0) is 28.2. The summed E-state index contributed by atoms with van der Waals surface area (Å²) in [6.45, 7) is 0.194. The van der Waals surface area contributed by atoms with E-state index in [1.54, 1.807) is 31.4 Å². The molecule has 4 aromatic rings. The summed E-state index contributed by atoms with van der Waals surface area (Å²) in [5.41, 5.74) is 3.30. The second-order valence-corrected chi connectivity index (χ2v) is 9.45. The lowest BCUT2D eigenvalue weighted by molar-refractivity contribution is -0.124. The summed E-state index contributed by atoms with van der Waals surface area (Å²) in [5, 5.41) is 15.7. The number of ether oxygens (including phenoxy) is 2. The number of amides is 2. The first kappa shape index (κ1) is 28.4. The van der Waals surface area contributed by atoms with Gasteiger partial charge >= 0.3 is 0 Å². The van der Waals surface area contributed by atoms with Crippen LogP contribution in [-0.2, 0) is 24.2 Å². The molecule has 0 aliphatic carbocycles. The summed E-state index contributed by atoms with van der Waals surface area (Å²) in [7, 11) is 1.59. The van der Waals surface area contributed by atoms with Gasteiger partial charge in [-0.3, -0.25) is 9.59 Å².